The molecule has 0 unspecified atom stereocenters. The van der Waals surface area contributed by atoms with E-state index in [-0.39, 0.29) is 30.3 Å². The molecular weight excluding hydrogens is 479 g/mol. The van der Waals surface area contributed by atoms with Crippen molar-refractivity contribution in [3.05, 3.63) is 58.2 Å². The van der Waals surface area contributed by atoms with Crippen molar-refractivity contribution < 1.29 is 36.6 Å². The van der Waals surface area contributed by atoms with E-state index in [1.165, 1.54) is 13.8 Å². The minimum atomic E-state index is -5.87. The number of allylic oxidation sites excluding steroid dienone is 4. The SMILES string of the molecule is CC(=O)c1ccc([C@H]2C[C@@]3(C)[C@@H](CC[C@@]3(O)C(F)(F)C(F)(F)F)[C@@H]3CCC4=CC(=O)CCC4=C32)cc1. The van der Waals surface area contributed by atoms with E-state index in [4.69, 9.17) is 0 Å². The third kappa shape index (κ3) is 3.39. The van der Waals surface area contributed by atoms with Gasteiger partial charge in [-0.05, 0) is 80.1 Å². The van der Waals surface area contributed by atoms with Crippen molar-refractivity contribution in [2.24, 2.45) is 17.3 Å². The molecule has 0 bridgehead atoms. The van der Waals surface area contributed by atoms with Crippen molar-refractivity contribution >= 4 is 11.6 Å². The first kappa shape index (κ1) is 25.3. The van der Waals surface area contributed by atoms with Gasteiger partial charge in [-0.1, -0.05) is 36.8 Å². The van der Waals surface area contributed by atoms with Gasteiger partial charge in [0, 0.05) is 23.3 Å². The summed E-state index contributed by atoms with van der Waals surface area (Å²) in [6.07, 6.45) is -2.90. The monoisotopic (exact) mass is 508 g/mol. The predicted molar refractivity (Wildman–Crippen MR) is 123 cm³/mol. The van der Waals surface area contributed by atoms with Gasteiger partial charge in [0.05, 0.1) is 0 Å². The molecule has 4 aliphatic carbocycles. The molecule has 194 valence electrons. The van der Waals surface area contributed by atoms with Gasteiger partial charge >= 0.3 is 12.1 Å². The average molecular weight is 509 g/mol. The summed E-state index contributed by atoms with van der Waals surface area (Å²) in [6.45, 7) is 2.83. The van der Waals surface area contributed by atoms with Crippen LogP contribution in [0.15, 0.2) is 47.1 Å². The zero-order valence-electron chi connectivity index (χ0n) is 20.2. The summed E-state index contributed by atoms with van der Waals surface area (Å²) in [5.74, 6) is -6.66. The van der Waals surface area contributed by atoms with Gasteiger partial charge in [-0.15, -0.1) is 0 Å². The topological polar surface area (TPSA) is 54.4 Å². The first-order valence-electron chi connectivity index (χ1n) is 12.5. The lowest BCUT2D eigenvalue weighted by Gasteiger charge is -2.56. The molecule has 4 aliphatic rings. The van der Waals surface area contributed by atoms with E-state index in [1.807, 2.05) is 0 Å². The number of hydrogen-bond acceptors (Lipinski definition) is 3. The third-order valence-corrected chi connectivity index (χ3v) is 9.48. The minimum absolute atomic E-state index is 0.0378. The second-order valence-corrected chi connectivity index (χ2v) is 11.1. The van der Waals surface area contributed by atoms with Crippen LogP contribution in [-0.4, -0.2) is 34.4 Å². The van der Waals surface area contributed by atoms with Crippen molar-refractivity contribution in [3.63, 3.8) is 0 Å². The summed E-state index contributed by atoms with van der Waals surface area (Å²) >= 11 is 0. The Kier molecular flexibility index (Phi) is 5.67. The van der Waals surface area contributed by atoms with Crippen LogP contribution in [0.25, 0.3) is 0 Å². The number of Topliss-reactive ketones (excluding diaryl/α,β-unsaturated/α-hetero) is 1. The fourth-order valence-electron chi connectivity index (χ4n) is 7.66. The number of carbonyl (C=O) groups excluding carboxylic acids is 2. The molecule has 1 N–H and O–H groups in total. The maximum Gasteiger partial charge on any atom is 0.456 e. The molecular formula is C28H29F5O3. The molecule has 0 amide bonds. The van der Waals surface area contributed by atoms with Gasteiger partial charge < -0.3 is 5.11 Å². The predicted octanol–water partition coefficient (Wildman–Crippen LogP) is 6.72. The van der Waals surface area contributed by atoms with Gasteiger partial charge in [0.15, 0.2) is 11.6 Å². The Morgan fingerprint density at radius 1 is 1.03 bits per heavy atom. The smallest absolute Gasteiger partial charge is 0.383 e. The van der Waals surface area contributed by atoms with Gasteiger partial charge in [-0.25, -0.2) is 0 Å². The first-order valence-corrected chi connectivity index (χ1v) is 12.5. The summed E-state index contributed by atoms with van der Waals surface area (Å²) in [6, 6.07) is 6.75. The number of fused-ring (bicyclic) bond motifs is 4. The Morgan fingerprint density at radius 2 is 1.69 bits per heavy atom. The van der Waals surface area contributed by atoms with Crippen molar-refractivity contribution in [1.29, 1.82) is 0 Å². The number of rotatable bonds is 3. The second kappa shape index (κ2) is 8.07. The van der Waals surface area contributed by atoms with Crippen molar-refractivity contribution in [2.75, 3.05) is 0 Å². The highest BCUT2D eigenvalue weighted by molar-refractivity contribution is 5.94. The van der Waals surface area contributed by atoms with Gasteiger partial charge in [-0.3, -0.25) is 9.59 Å². The maximum atomic E-state index is 15.0. The third-order valence-electron chi connectivity index (χ3n) is 9.48. The summed E-state index contributed by atoms with van der Waals surface area (Å²) in [5.41, 5.74) is -0.758. The molecule has 2 fully saturated rings. The molecule has 2 saturated carbocycles. The van der Waals surface area contributed by atoms with Crippen LogP contribution in [-0.2, 0) is 4.79 Å². The van der Waals surface area contributed by atoms with Crippen molar-refractivity contribution in [1.82, 2.24) is 0 Å². The summed E-state index contributed by atoms with van der Waals surface area (Å²) in [4.78, 5) is 23.9. The Bertz CT molecular complexity index is 1180. The number of aliphatic hydroxyl groups is 1. The fraction of sp³-hybridized carbons (Fsp3) is 0.571. The molecule has 0 heterocycles. The number of ketones is 2. The normalized spacial score (nSPS) is 34.6. The maximum absolute atomic E-state index is 15.0. The van der Waals surface area contributed by atoms with E-state index < -0.39 is 41.4 Å². The van der Waals surface area contributed by atoms with E-state index in [1.54, 1.807) is 30.3 Å². The molecule has 0 saturated heterocycles. The largest absolute Gasteiger partial charge is 0.456 e. The summed E-state index contributed by atoms with van der Waals surface area (Å²) in [5, 5.41) is 11.3. The number of alkyl halides is 5. The lowest BCUT2D eigenvalue weighted by molar-refractivity contribution is -0.362. The minimum Gasteiger partial charge on any atom is -0.383 e. The molecule has 5 rings (SSSR count). The number of halogens is 5. The molecule has 1 aromatic rings. The van der Waals surface area contributed by atoms with Crippen LogP contribution in [0, 0.1) is 17.3 Å². The molecule has 0 aromatic heterocycles. The van der Waals surface area contributed by atoms with Gasteiger partial charge in [0.25, 0.3) is 0 Å². The lowest BCUT2D eigenvalue weighted by Crippen LogP contribution is -2.65. The van der Waals surface area contributed by atoms with Crippen LogP contribution in [0.2, 0.25) is 0 Å². The van der Waals surface area contributed by atoms with Crippen LogP contribution < -0.4 is 0 Å². The number of carbonyl (C=O) groups is 2. The zero-order chi connectivity index (χ0) is 26.3. The highest BCUT2D eigenvalue weighted by Crippen LogP contribution is 2.70. The Hall–Kier alpha value is -2.35. The van der Waals surface area contributed by atoms with E-state index in [0.29, 0.717) is 31.2 Å². The fourth-order valence-corrected chi connectivity index (χ4v) is 7.66. The van der Waals surface area contributed by atoms with Gasteiger partial charge in [0.1, 0.15) is 5.60 Å². The van der Waals surface area contributed by atoms with Gasteiger partial charge in [-0.2, -0.15) is 22.0 Å². The number of benzene rings is 1. The quantitative estimate of drug-likeness (QED) is 0.364. The molecule has 0 spiro atoms. The first-order chi connectivity index (χ1) is 16.7. The average Bonchev–Trinajstić information content (AvgIpc) is 3.09. The van der Waals surface area contributed by atoms with E-state index in [0.717, 1.165) is 22.3 Å². The molecule has 36 heavy (non-hydrogen) atoms. The van der Waals surface area contributed by atoms with Crippen molar-refractivity contribution in [3.8, 4) is 0 Å². The van der Waals surface area contributed by atoms with Crippen LogP contribution in [0.3, 0.4) is 0 Å². The summed E-state index contributed by atoms with van der Waals surface area (Å²) in [7, 11) is 0. The molecule has 5 atom stereocenters. The number of hydrogen-bond donors (Lipinski definition) is 1. The van der Waals surface area contributed by atoms with Crippen LogP contribution in [0.4, 0.5) is 22.0 Å². The Balaban J connectivity index is 1.69. The standard InChI is InChI=1S/C28H29F5O3/c1-15(34)16-3-5-17(6-4-16)22-14-25(2)23(11-12-26(25,36)27(29,30)28(31,32)33)21-9-7-18-13-19(35)8-10-20(18)24(21)22/h3-6,13,21-23,36H,7-12,14H2,1-2H3/t21-,22+,23-,25-,26-/m0/s1. The van der Waals surface area contributed by atoms with E-state index >= 15 is 0 Å². The molecule has 1 aromatic carbocycles. The highest BCUT2D eigenvalue weighted by Gasteiger charge is 2.79. The van der Waals surface area contributed by atoms with Crippen LogP contribution in [0.5, 0.6) is 0 Å². The molecule has 3 nitrogen and oxygen atoms in total. The zero-order valence-corrected chi connectivity index (χ0v) is 20.2. The highest BCUT2D eigenvalue weighted by atomic mass is 19.4. The van der Waals surface area contributed by atoms with Crippen molar-refractivity contribution in [2.45, 2.75) is 82.4 Å². The van der Waals surface area contributed by atoms with Crippen LogP contribution >= 0.6 is 0 Å². The van der Waals surface area contributed by atoms with Crippen LogP contribution in [0.1, 0.15) is 80.6 Å². The Labute approximate surface area is 206 Å². The van der Waals surface area contributed by atoms with Gasteiger partial charge in [0.2, 0.25) is 0 Å². The van der Waals surface area contributed by atoms with E-state index in [9.17, 15) is 36.6 Å². The molecule has 0 radical (unpaired) electrons. The van der Waals surface area contributed by atoms with E-state index in [2.05, 4.69) is 0 Å². The molecule has 8 heteroatoms. The second-order valence-electron chi connectivity index (χ2n) is 11.1. The lowest BCUT2D eigenvalue weighted by atomic mass is 9.50. The molecule has 0 aliphatic heterocycles. The Morgan fingerprint density at radius 3 is 2.31 bits per heavy atom. The summed E-state index contributed by atoms with van der Waals surface area (Å²) < 4.78 is 70.7.